The van der Waals surface area contributed by atoms with E-state index >= 15 is 0 Å². The molecule has 4 nitrogen and oxygen atoms in total. The summed E-state index contributed by atoms with van der Waals surface area (Å²) in [5.41, 5.74) is 3.51. The Kier molecular flexibility index (Phi) is 2.49. The molecule has 0 aliphatic carbocycles. The van der Waals surface area contributed by atoms with E-state index in [4.69, 9.17) is 0 Å². The molecule has 0 aliphatic rings. The van der Waals surface area contributed by atoms with Crippen LogP contribution in [0.2, 0.25) is 0 Å². The lowest BCUT2D eigenvalue weighted by Crippen LogP contribution is -2.02. The van der Waals surface area contributed by atoms with E-state index in [2.05, 4.69) is 29.1 Å². The predicted octanol–water partition coefficient (Wildman–Crippen LogP) is 1.84. The van der Waals surface area contributed by atoms with Gasteiger partial charge in [-0.05, 0) is 38.0 Å². The zero-order chi connectivity index (χ0) is 10.8. The molecule has 0 aliphatic heterocycles. The first-order chi connectivity index (χ1) is 7.24. The lowest BCUT2D eigenvalue weighted by molar-refractivity contribution is 0.780. The number of nitrogens with zero attached hydrogens (tertiary/aromatic N) is 4. The van der Waals surface area contributed by atoms with Gasteiger partial charge in [0.15, 0.2) is 5.82 Å². The van der Waals surface area contributed by atoms with Gasteiger partial charge in [0.25, 0.3) is 0 Å². The van der Waals surface area contributed by atoms with Crippen molar-refractivity contribution in [1.29, 1.82) is 0 Å². The minimum atomic E-state index is 0.776. The predicted molar refractivity (Wildman–Crippen MR) is 58.0 cm³/mol. The monoisotopic (exact) mass is 202 g/mol. The largest absolute Gasteiger partial charge is 0.217 e. The molecule has 0 bridgehead atoms. The first-order valence-electron chi connectivity index (χ1n) is 5.07. The van der Waals surface area contributed by atoms with Crippen LogP contribution in [0.1, 0.15) is 23.9 Å². The van der Waals surface area contributed by atoms with Crippen LogP contribution in [0.5, 0.6) is 0 Å². The molecule has 0 saturated carbocycles. The molecular formula is C11H14N4. The minimum Gasteiger partial charge on any atom is -0.217 e. The van der Waals surface area contributed by atoms with Crippen molar-refractivity contribution in [3.05, 3.63) is 35.3 Å². The number of hydrogen-bond acceptors (Lipinski definition) is 3. The first kappa shape index (κ1) is 9.83. The average molecular weight is 202 g/mol. The second kappa shape index (κ2) is 3.81. The average Bonchev–Trinajstić information content (AvgIpc) is 2.55. The van der Waals surface area contributed by atoms with Gasteiger partial charge in [-0.2, -0.15) is 10.2 Å². The molecule has 2 aromatic rings. The SMILES string of the molecule is CCc1c(C)nn(-c2cccnn2)c1C. The van der Waals surface area contributed by atoms with Crippen LogP contribution in [-0.2, 0) is 6.42 Å². The standard InChI is InChI=1S/C11H14N4/c1-4-10-8(2)14-15(9(10)3)11-6-5-7-12-13-11/h5-7H,4H2,1-3H3. The van der Waals surface area contributed by atoms with Crippen LogP contribution in [0.25, 0.3) is 5.82 Å². The molecule has 4 heteroatoms. The summed E-state index contributed by atoms with van der Waals surface area (Å²) in [5.74, 6) is 0.776. The Morgan fingerprint density at radius 1 is 1.33 bits per heavy atom. The summed E-state index contributed by atoms with van der Waals surface area (Å²) in [4.78, 5) is 0. The van der Waals surface area contributed by atoms with Crippen molar-refractivity contribution in [3.63, 3.8) is 0 Å². The third kappa shape index (κ3) is 1.63. The number of aryl methyl sites for hydroxylation is 1. The van der Waals surface area contributed by atoms with Gasteiger partial charge in [0, 0.05) is 11.9 Å². The summed E-state index contributed by atoms with van der Waals surface area (Å²) in [7, 11) is 0. The fourth-order valence-corrected chi connectivity index (χ4v) is 1.82. The molecule has 0 aromatic carbocycles. The highest BCUT2D eigenvalue weighted by Gasteiger charge is 2.11. The van der Waals surface area contributed by atoms with Gasteiger partial charge in [-0.15, -0.1) is 5.10 Å². The summed E-state index contributed by atoms with van der Waals surface area (Å²) in [6.45, 7) is 6.23. The molecule has 2 heterocycles. The Morgan fingerprint density at radius 2 is 2.13 bits per heavy atom. The van der Waals surface area contributed by atoms with Crippen molar-refractivity contribution in [2.75, 3.05) is 0 Å². The van der Waals surface area contributed by atoms with Crippen LogP contribution in [-0.4, -0.2) is 20.0 Å². The van der Waals surface area contributed by atoms with Crippen molar-refractivity contribution < 1.29 is 0 Å². The van der Waals surface area contributed by atoms with Gasteiger partial charge in [-0.3, -0.25) is 0 Å². The number of rotatable bonds is 2. The molecule has 2 aromatic heterocycles. The van der Waals surface area contributed by atoms with E-state index in [1.165, 1.54) is 5.56 Å². The van der Waals surface area contributed by atoms with Crippen LogP contribution in [0.15, 0.2) is 18.3 Å². The Hall–Kier alpha value is -1.71. The van der Waals surface area contributed by atoms with Gasteiger partial charge < -0.3 is 0 Å². The Bertz CT molecular complexity index is 459. The molecule has 0 N–H and O–H groups in total. The van der Waals surface area contributed by atoms with Crippen molar-refractivity contribution in [3.8, 4) is 5.82 Å². The summed E-state index contributed by atoms with van der Waals surface area (Å²) in [5, 5.41) is 12.4. The van der Waals surface area contributed by atoms with Gasteiger partial charge in [-0.25, -0.2) is 4.68 Å². The van der Waals surface area contributed by atoms with Crippen LogP contribution in [0.3, 0.4) is 0 Å². The van der Waals surface area contributed by atoms with Crippen LogP contribution >= 0.6 is 0 Å². The molecule has 0 spiro atoms. The highest BCUT2D eigenvalue weighted by Crippen LogP contribution is 2.16. The molecule has 0 unspecified atom stereocenters. The fourth-order valence-electron chi connectivity index (χ4n) is 1.82. The fraction of sp³-hybridized carbons (Fsp3) is 0.364. The van der Waals surface area contributed by atoms with E-state index in [1.807, 2.05) is 23.7 Å². The second-order valence-corrected chi connectivity index (χ2v) is 3.50. The van der Waals surface area contributed by atoms with Gasteiger partial charge in [0.05, 0.1) is 5.69 Å². The number of hydrogen-bond donors (Lipinski definition) is 0. The Balaban J connectivity index is 2.55. The zero-order valence-corrected chi connectivity index (χ0v) is 9.23. The van der Waals surface area contributed by atoms with Gasteiger partial charge in [0.2, 0.25) is 0 Å². The van der Waals surface area contributed by atoms with Crippen molar-refractivity contribution in [2.24, 2.45) is 0 Å². The summed E-state index contributed by atoms with van der Waals surface area (Å²) >= 11 is 0. The van der Waals surface area contributed by atoms with Crippen LogP contribution in [0.4, 0.5) is 0 Å². The highest BCUT2D eigenvalue weighted by molar-refractivity contribution is 5.31. The smallest absolute Gasteiger partial charge is 0.175 e. The second-order valence-electron chi connectivity index (χ2n) is 3.50. The van der Waals surface area contributed by atoms with Crippen molar-refractivity contribution in [2.45, 2.75) is 27.2 Å². The molecule has 2 rings (SSSR count). The Morgan fingerprint density at radius 3 is 2.67 bits per heavy atom. The lowest BCUT2D eigenvalue weighted by atomic mass is 10.1. The normalized spacial score (nSPS) is 10.6. The third-order valence-corrected chi connectivity index (χ3v) is 2.57. The van der Waals surface area contributed by atoms with Crippen molar-refractivity contribution in [1.82, 2.24) is 20.0 Å². The quantitative estimate of drug-likeness (QED) is 0.746. The molecule has 15 heavy (non-hydrogen) atoms. The maximum Gasteiger partial charge on any atom is 0.175 e. The van der Waals surface area contributed by atoms with E-state index in [0.29, 0.717) is 0 Å². The van der Waals surface area contributed by atoms with Crippen LogP contribution < -0.4 is 0 Å². The maximum absolute atomic E-state index is 4.47. The van der Waals surface area contributed by atoms with Gasteiger partial charge in [0.1, 0.15) is 0 Å². The Labute approximate surface area is 89.0 Å². The zero-order valence-electron chi connectivity index (χ0n) is 9.23. The van der Waals surface area contributed by atoms with E-state index in [-0.39, 0.29) is 0 Å². The lowest BCUT2D eigenvalue weighted by Gasteiger charge is -2.01. The molecule has 0 saturated heterocycles. The minimum absolute atomic E-state index is 0.776. The molecular weight excluding hydrogens is 188 g/mol. The summed E-state index contributed by atoms with van der Waals surface area (Å²) < 4.78 is 1.85. The third-order valence-electron chi connectivity index (χ3n) is 2.57. The maximum atomic E-state index is 4.47. The number of aromatic nitrogens is 4. The van der Waals surface area contributed by atoms with E-state index in [1.54, 1.807) is 6.20 Å². The topological polar surface area (TPSA) is 43.6 Å². The van der Waals surface area contributed by atoms with E-state index < -0.39 is 0 Å². The van der Waals surface area contributed by atoms with Gasteiger partial charge in [-0.1, -0.05) is 6.92 Å². The molecule has 0 atom stereocenters. The molecule has 0 fully saturated rings. The first-order valence-corrected chi connectivity index (χ1v) is 5.07. The van der Waals surface area contributed by atoms with E-state index in [0.717, 1.165) is 23.6 Å². The van der Waals surface area contributed by atoms with Crippen molar-refractivity contribution >= 4 is 0 Å². The highest BCUT2D eigenvalue weighted by atomic mass is 15.3. The van der Waals surface area contributed by atoms with Gasteiger partial charge >= 0.3 is 0 Å². The molecule has 0 radical (unpaired) electrons. The molecule has 0 amide bonds. The summed E-state index contributed by atoms with van der Waals surface area (Å²) in [6.07, 6.45) is 2.66. The molecule has 78 valence electrons. The summed E-state index contributed by atoms with van der Waals surface area (Å²) in [6, 6.07) is 3.77. The van der Waals surface area contributed by atoms with Crippen LogP contribution in [0, 0.1) is 13.8 Å². The van der Waals surface area contributed by atoms with E-state index in [9.17, 15) is 0 Å².